The van der Waals surface area contributed by atoms with Crippen LogP contribution in [0.15, 0.2) is 24.3 Å². The van der Waals surface area contributed by atoms with E-state index in [2.05, 4.69) is 26.2 Å². The van der Waals surface area contributed by atoms with E-state index in [0.29, 0.717) is 32.3 Å². The van der Waals surface area contributed by atoms with Crippen LogP contribution in [0.2, 0.25) is 25.7 Å². The molecular formula is C25H38O6Si. The van der Waals surface area contributed by atoms with E-state index in [4.69, 9.17) is 4.74 Å². The van der Waals surface area contributed by atoms with Crippen LogP contribution in [0.25, 0.3) is 0 Å². The number of fused-ring (bicyclic) bond motifs is 1. The van der Waals surface area contributed by atoms with Gasteiger partial charge in [0.15, 0.2) is 11.6 Å². The molecular weight excluding hydrogens is 424 g/mol. The van der Waals surface area contributed by atoms with E-state index in [1.165, 1.54) is 0 Å². The van der Waals surface area contributed by atoms with E-state index in [9.17, 15) is 24.6 Å². The first kappa shape index (κ1) is 25.1. The molecule has 0 aromatic rings. The minimum absolute atomic E-state index is 0.0779. The lowest BCUT2D eigenvalue weighted by Crippen LogP contribution is -2.58. The summed E-state index contributed by atoms with van der Waals surface area (Å²) in [6.07, 6.45) is 5.57. The summed E-state index contributed by atoms with van der Waals surface area (Å²) in [5, 5.41) is 21.5. The number of ketones is 2. The van der Waals surface area contributed by atoms with Gasteiger partial charge in [0.25, 0.3) is 0 Å². The first-order valence-electron chi connectivity index (χ1n) is 11.6. The molecule has 2 N–H and O–H groups in total. The smallest absolute Gasteiger partial charge is 0.319 e. The fourth-order valence-electron chi connectivity index (χ4n) is 5.65. The third-order valence-electron chi connectivity index (χ3n) is 8.13. The Kier molecular flexibility index (Phi) is 6.29. The molecule has 6 nitrogen and oxygen atoms in total. The zero-order chi connectivity index (χ0) is 24.2. The van der Waals surface area contributed by atoms with E-state index in [0.717, 1.165) is 6.04 Å². The maximum absolute atomic E-state index is 13.9. The van der Waals surface area contributed by atoms with Crippen molar-refractivity contribution in [3.05, 3.63) is 24.3 Å². The summed E-state index contributed by atoms with van der Waals surface area (Å²) in [4.78, 5) is 39.7. The molecule has 0 radical (unpaired) electrons. The fraction of sp³-hybridized carbons (Fsp3) is 0.720. The molecule has 0 aliphatic heterocycles. The zero-order valence-electron chi connectivity index (χ0n) is 20.1. The zero-order valence-corrected chi connectivity index (χ0v) is 21.1. The van der Waals surface area contributed by atoms with Crippen molar-refractivity contribution in [1.82, 2.24) is 0 Å². The van der Waals surface area contributed by atoms with Crippen LogP contribution in [0.4, 0.5) is 0 Å². The van der Waals surface area contributed by atoms with Crippen LogP contribution in [0.5, 0.6) is 0 Å². The van der Waals surface area contributed by atoms with Crippen molar-refractivity contribution in [3.63, 3.8) is 0 Å². The van der Waals surface area contributed by atoms with Gasteiger partial charge in [-0.3, -0.25) is 14.4 Å². The number of ether oxygens (including phenoxy) is 1. The van der Waals surface area contributed by atoms with Crippen LogP contribution in [-0.2, 0) is 19.1 Å². The Morgan fingerprint density at radius 2 is 1.91 bits per heavy atom. The van der Waals surface area contributed by atoms with Gasteiger partial charge in [-0.2, -0.15) is 0 Å². The van der Waals surface area contributed by atoms with E-state index in [-0.39, 0.29) is 23.7 Å². The van der Waals surface area contributed by atoms with Gasteiger partial charge in [0.05, 0.1) is 12.0 Å². The average Bonchev–Trinajstić information content (AvgIpc) is 3.48. The minimum Gasteiger partial charge on any atom is -0.465 e. The Bertz CT molecular complexity index is 872. The molecule has 178 valence electrons. The average molecular weight is 463 g/mol. The number of aliphatic hydroxyl groups is 2. The monoisotopic (exact) mass is 462 g/mol. The molecule has 7 heteroatoms. The van der Waals surface area contributed by atoms with E-state index in [1.807, 2.05) is 6.92 Å². The Morgan fingerprint density at radius 1 is 1.25 bits per heavy atom. The Balaban J connectivity index is 1.95. The highest BCUT2D eigenvalue weighted by Crippen LogP contribution is 2.71. The lowest BCUT2D eigenvalue weighted by Gasteiger charge is -2.48. The number of allylic oxidation sites excluding steroid dienone is 2. The van der Waals surface area contributed by atoms with Gasteiger partial charge in [0.1, 0.15) is 17.6 Å². The standard InChI is InChI=1S/C25H38O6Si/c1-7-22(2)10-11-25(30,18(15-22)19(27)16-26)24-14-17(24)8-9-23(3,20(24)28)21(29)31-12-13-32(4,5)6/h7,15,17,26,30H,1,8-14,16H2,2-6H3/t17-,22-,23-,24-,25+/m0/s1. The van der Waals surface area contributed by atoms with Crippen molar-refractivity contribution in [2.24, 2.45) is 22.2 Å². The first-order valence-corrected chi connectivity index (χ1v) is 15.4. The largest absolute Gasteiger partial charge is 0.465 e. The molecule has 5 atom stereocenters. The lowest BCUT2D eigenvalue weighted by atomic mass is 9.57. The van der Waals surface area contributed by atoms with Crippen LogP contribution < -0.4 is 0 Å². The Labute approximate surface area is 192 Å². The summed E-state index contributed by atoms with van der Waals surface area (Å²) in [7, 11) is -1.40. The fourth-order valence-corrected chi connectivity index (χ4v) is 6.36. The van der Waals surface area contributed by atoms with Gasteiger partial charge in [-0.25, -0.2) is 0 Å². The van der Waals surface area contributed by atoms with Crippen molar-refractivity contribution < 1.29 is 29.3 Å². The molecule has 3 rings (SSSR count). The molecule has 0 spiro atoms. The number of hydrogen-bond donors (Lipinski definition) is 2. The van der Waals surface area contributed by atoms with Crippen molar-refractivity contribution in [2.75, 3.05) is 13.2 Å². The second-order valence-corrected chi connectivity index (χ2v) is 17.3. The highest BCUT2D eigenvalue weighted by molar-refractivity contribution is 6.76. The van der Waals surface area contributed by atoms with Crippen molar-refractivity contribution in [2.45, 2.75) is 77.2 Å². The Morgan fingerprint density at radius 3 is 2.47 bits per heavy atom. The number of esters is 1. The van der Waals surface area contributed by atoms with Gasteiger partial charge >= 0.3 is 5.97 Å². The molecule has 32 heavy (non-hydrogen) atoms. The summed E-state index contributed by atoms with van der Waals surface area (Å²) in [6.45, 7) is 13.5. The SMILES string of the molecule is C=C[C@]1(C)C=C(C(=O)CO)[C@@](O)([C@@]23C[C@@H]2CC[C@](C)(C(=O)OCC[Si](C)(C)C)C3=O)CC1. The molecule has 0 aromatic carbocycles. The number of carbonyl (C=O) groups is 3. The van der Waals surface area contributed by atoms with Crippen molar-refractivity contribution in [1.29, 1.82) is 0 Å². The van der Waals surface area contributed by atoms with Crippen molar-refractivity contribution in [3.8, 4) is 0 Å². The summed E-state index contributed by atoms with van der Waals surface area (Å²) >= 11 is 0. The van der Waals surface area contributed by atoms with Crippen LogP contribution >= 0.6 is 0 Å². The van der Waals surface area contributed by atoms with E-state index in [1.54, 1.807) is 19.1 Å². The normalized spacial score (nSPS) is 39.0. The number of carbonyl (C=O) groups excluding carboxylic acids is 3. The number of Topliss-reactive ketones (excluding diaryl/α,β-unsaturated/α-hetero) is 2. The predicted octanol–water partition coefficient (Wildman–Crippen LogP) is 3.45. The topological polar surface area (TPSA) is 101 Å². The van der Waals surface area contributed by atoms with Gasteiger partial charge in [-0.05, 0) is 51.0 Å². The molecule has 0 amide bonds. The molecule has 0 heterocycles. The second-order valence-electron chi connectivity index (χ2n) is 11.7. The van der Waals surface area contributed by atoms with Gasteiger partial charge < -0.3 is 14.9 Å². The third-order valence-corrected chi connectivity index (χ3v) is 9.84. The van der Waals surface area contributed by atoms with Crippen LogP contribution in [-0.4, -0.2) is 54.6 Å². The third kappa shape index (κ3) is 3.86. The summed E-state index contributed by atoms with van der Waals surface area (Å²) in [6, 6.07) is 0.818. The predicted molar refractivity (Wildman–Crippen MR) is 125 cm³/mol. The highest BCUT2D eigenvalue weighted by atomic mass is 28.3. The molecule has 0 saturated heterocycles. The van der Waals surface area contributed by atoms with Gasteiger partial charge in [-0.1, -0.05) is 38.7 Å². The van der Waals surface area contributed by atoms with Crippen molar-refractivity contribution >= 4 is 25.6 Å². The highest BCUT2D eigenvalue weighted by Gasteiger charge is 2.77. The lowest BCUT2D eigenvalue weighted by molar-refractivity contribution is -0.168. The summed E-state index contributed by atoms with van der Waals surface area (Å²) in [5.41, 5.74) is -4.64. The van der Waals surface area contributed by atoms with Crippen LogP contribution in [0, 0.1) is 22.2 Å². The minimum atomic E-state index is -1.70. The molecule has 2 saturated carbocycles. The molecule has 3 aliphatic rings. The maximum atomic E-state index is 13.9. The summed E-state index contributed by atoms with van der Waals surface area (Å²) < 4.78 is 5.57. The molecule has 3 aliphatic carbocycles. The summed E-state index contributed by atoms with van der Waals surface area (Å²) in [5.74, 6) is -1.51. The van der Waals surface area contributed by atoms with Gasteiger partial charge in [0.2, 0.25) is 0 Å². The molecule has 0 bridgehead atoms. The van der Waals surface area contributed by atoms with E-state index < -0.39 is 48.3 Å². The number of rotatable bonds is 8. The van der Waals surface area contributed by atoms with E-state index >= 15 is 0 Å². The first-order chi connectivity index (χ1) is 14.7. The maximum Gasteiger partial charge on any atom is 0.319 e. The quantitative estimate of drug-likeness (QED) is 0.248. The van der Waals surface area contributed by atoms with Crippen LogP contribution in [0.1, 0.15) is 46.0 Å². The molecule has 0 unspecified atom stereocenters. The number of aliphatic hydroxyl groups excluding tert-OH is 1. The molecule has 0 aromatic heterocycles. The van der Waals surface area contributed by atoms with Gasteiger partial charge in [0, 0.05) is 19.1 Å². The van der Waals surface area contributed by atoms with Gasteiger partial charge in [-0.15, -0.1) is 6.58 Å². The Hall–Kier alpha value is -1.57. The second kappa shape index (κ2) is 8.03. The number of hydrogen-bond acceptors (Lipinski definition) is 6. The molecule has 2 fully saturated rings. The van der Waals surface area contributed by atoms with Crippen LogP contribution in [0.3, 0.4) is 0 Å².